The Morgan fingerprint density at radius 3 is 2.75 bits per heavy atom. The Hall–Kier alpha value is -2.51. The van der Waals surface area contributed by atoms with Crippen LogP contribution in [0.1, 0.15) is 33.3 Å². The zero-order chi connectivity index (χ0) is 25.8. The van der Waals surface area contributed by atoms with Crippen molar-refractivity contribution < 1.29 is 18.0 Å². The molecular formula is C23H27ClN6O4S2. The third kappa shape index (κ3) is 4.30. The van der Waals surface area contributed by atoms with Gasteiger partial charge in [0.1, 0.15) is 11.1 Å². The number of piperazine rings is 1. The molecule has 36 heavy (non-hydrogen) atoms. The van der Waals surface area contributed by atoms with Gasteiger partial charge in [0, 0.05) is 66.5 Å². The summed E-state index contributed by atoms with van der Waals surface area (Å²) in [5.41, 5.74) is 1.56. The Balaban J connectivity index is 1.41. The third-order valence-electron chi connectivity index (χ3n) is 6.98. The van der Waals surface area contributed by atoms with Crippen molar-refractivity contribution in [2.24, 2.45) is 0 Å². The quantitative estimate of drug-likeness (QED) is 0.513. The standard InChI is InChI=1S/C23H27ClN6O4S2/c1-13-20-17(6-7-28(13)3)27-22(35-20)23(32)30-9-8-29(12-18(30)21(31)25-2)36(33,34)19-11-14-10-15(24)4-5-16(14)26-19/h4-5,10-11,13,18,26H,6-9,12H2,1-3H3,(H,25,31). The van der Waals surface area contributed by atoms with E-state index in [2.05, 4.69) is 27.1 Å². The zero-order valence-electron chi connectivity index (χ0n) is 20.1. The number of halogens is 1. The van der Waals surface area contributed by atoms with Gasteiger partial charge in [-0.3, -0.25) is 14.5 Å². The maximum Gasteiger partial charge on any atom is 0.283 e. The number of H-pyrrole nitrogens is 1. The van der Waals surface area contributed by atoms with Crippen LogP contribution in [0.25, 0.3) is 10.9 Å². The lowest BCUT2D eigenvalue weighted by atomic mass is 10.1. The molecule has 0 bridgehead atoms. The van der Waals surface area contributed by atoms with Gasteiger partial charge in [0.15, 0.2) is 5.01 Å². The predicted molar refractivity (Wildman–Crippen MR) is 138 cm³/mol. The van der Waals surface area contributed by atoms with E-state index in [0.29, 0.717) is 20.9 Å². The molecule has 13 heteroatoms. The van der Waals surface area contributed by atoms with Gasteiger partial charge in [0.05, 0.1) is 5.69 Å². The summed E-state index contributed by atoms with van der Waals surface area (Å²) in [4.78, 5) is 38.6. The molecule has 1 fully saturated rings. The highest BCUT2D eigenvalue weighted by Crippen LogP contribution is 2.34. The number of hydrogen-bond acceptors (Lipinski definition) is 7. The van der Waals surface area contributed by atoms with Gasteiger partial charge in [-0.25, -0.2) is 13.4 Å². The number of fused-ring (bicyclic) bond motifs is 2. The number of nitrogens with zero attached hydrogens (tertiary/aromatic N) is 4. The van der Waals surface area contributed by atoms with Crippen molar-refractivity contribution in [3.8, 4) is 0 Å². The van der Waals surface area contributed by atoms with Crippen LogP contribution in [0.2, 0.25) is 5.02 Å². The van der Waals surface area contributed by atoms with Crippen LogP contribution in [-0.4, -0.2) is 90.6 Å². The molecule has 0 aliphatic carbocycles. The fraction of sp³-hybridized carbons (Fsp3) is 0.435. The molecule has 0 saturated carbocycles. The van der Waals surface area contributed by atoms with E-state index in [1.807, 2.05) is 7.05 Å². The van der Waals surface area contributed by atoms with Crippen LogP contribution >= 0.6 is 22.9 Å². The van der Waals surface area contributed by atoms with Gasteiger partial charge in [-0.05, 0) is 38.2 Å². The summed E-state index contributed by atoms with van der Waals surface area (Å²) < 4.78 is 28.2. The van der Waals surface area contributed by atoms with E-state index >= 15 is 0 Å². The Morgan fingerprint density at radius 1 is 1.22 bits per heavy atom. The van der Waals surface area contributed by atoms with E-state index in [1.165, 1.54) is 33.7 Å². The predicted octanol–water partition coefficient (Wildman–Crippen LogP) is 2.09. The number of nitrogens with one attached hydrogen (secondary N) is 2. The molecule has 1 saturated heterocycles. The average molecular weight is 551 g/mol. The van der Waals surface area contributed by atoms with Crippen molar-refractivity contribution in [3.63, 3.8) is 0 Å². The lowest BCUT2D eigenvalue weighted by molar-refractivity contribution is -0.126. The molecule has 2 amide bonds. The van der Waals surface area contributed by atoms with Gasteiger partial charge in [-0.15, -0.1) is 11.3 Å². The number of aromatic nitrogens is 2. The normalized spacial score (nSPS) is 21.5. The maximum absolute atomic E-state index is 13.5. The Kier molecular flexibility index (Phi) is 6.58. The first-order valence-electron chi connectivity index (χ1n) is 11.6. The number of benzene rings is 1. The minimum absolute atomic E-state index is 0.0147. The number of thiazole rings is 1. The number of carbonyl (C=O) groups is 2. The number of amides is 2. The van der Waals surface area contributed by atoms with E-state index in [9.17, 15) is 18.0 Å². The fourth-order valence-corrected chi connectivity index (χ4v) is 7.54. The van der Waals surface area contributed by atoms with Crippen molar-refractivity contribution in [3.05, 3.63) is 44.9 Å². The van der Waals surface area contributed by atoms with E-state index < -0.39 is 22.0 Å². The first-order chi connectivity index (χ1) is 17.1. The van der Waals surface area contributed by atoms with Crippen molar-refractivity contribution in [2.45, 2.75) is 30.5 Å². The molecule has 2 unspecified atom stereocenters. The lowest BCUT2D eigenvalue weighted by Crippen LogP contribution is -2.61. The second kappa shape index (κ2) is 9.42. The van der Waals surface area contributed by atoms with E-state index in [0.717, 1.165) is 23.5 Å². The average Bonchev–Trinajstić information content (AvgIpc) is 3.50. The van der Waals surface area contributed by atoms with E-state index in [4.69, 9.17) is 11.6 Å². The first-order valence-corrected chi connectivity index (χ1v) is 14.2. The lowest BCUT2D eigenvalue weighted by Gasteiger charge is -2.39. The molecule has 5 rings (SSSR count). The molecule has 2 aromatic heterocycles. The zero-order valence-corrected chi connectivity index (χ0v) is 22.5. The molecule has 0 radical (unpaired) electrons. The minimum Gasteiger partial charge on any atom is -0.357 e. The topological polar surface area (TPSA) is 119 Å². The first kappa shape index (κ1) is 25.2. The molecule has 10 nitrogen and oxygen atoms in total. The molecule has 0 spiro atoms. The van der Waals surface area contributed by atoms with Gasteiger partial charge in [0.25, 0.3) is 15.9 Å². The molecule has 2 atom stereocenters. The Labute approximate surface area is 218 Å². The number of likely N-dealkylation sites (N-methyl/N-ethyl adjacent to an activating group) is 2. The van der Waals surface area contributed by atoms with Crippen LogP contribution in [0.15, 0.2) is 29.3 Å². The summed E-state index contributed by atoms with van der Waals surface area (Å²) in [7, 11) is -0.431. The van der Waals surface area contributed by atoms with Crippen LogP contribution in [0.5, 0.6) is 0 Å². The molecule has 2 aliphatic rings. The highest BCUT2D eigenvalue weighted by molar-refractivity contribution is 7.89. The summed E-state index contributed by atoms with van der Waals surface area (Å²) in [6, 6.07) is 5.79. The molecule has 2 aliphatic heterocycles. The molecular weight excluding hydrogens is 524 g/mol. The van der Waals surface area contributed by atoms with Crippen LogP contribution in [0.3, 0.4) is 0 Å². The third-order valence-corrected chi connectivity index (χ3v) is 10.3. The van der Waals surface area contributed by atoms with Crippen LogP contribution in [0.4, 0.5) is 0 Å². The van der Waals surface area contributed by atoms with Crippen LogP contribution in [0, 0.1) is 0 Å². The highest BCUT2D eigenvalue weighted by atomic mass is 35.5. The van der Waals surface area contributed by atoms with Gasteiger partial charge in [-0.2, -0.15) is 4.31 Å². The summed E-state index contributed by atoms with van der Waals surface area (Å²) >= 11 is 7.40. The summed E-state index contributed by atoms with van der Waals surface area (Å²) in [5, 5.41) is 4.09. The minimum atomic E-state index is -3.94. The highest BCUT2D eigenvalue weighted by Gasteiger charge is 2.41. The van der Waals surface area contributed by atoms with Crippen molar-refractivity contribution in [1.82, 2.24) is 29.4 Å². The van der Waals surface area contributed by atoms with Crippen molar-refractivity contribution >= 4 is 55.7 Å². The number of hydrogen-bond donors (Lipinski definition) is 2. The molecule has 192 valence electrons. The maximum atomic E-state index is 13.5. The molecule has 4 heterocycles. The van der Waals surface area contributed by atoms with Gasteiger partial charge < -0.3 is 15.2 Å². The number of sulfonamides is 1. The molecule has 3 aromatic rings. The smallest absolute Gasteiger partial charge is 0.283 e. The monoisotopic (exact) mass is 550 g/mol. The van der Waals surface area contributed by atoms with Crippen molar-refractivity contribution in [1.29, 1.82) is 0 Å². The Bertz CT molecular complexity index is 1450. The van der Waals surface area contributed by atoms with E-state index in [-0.39, 0.29) is 36.6 Å². The van der Waals surface area contributed by atoms with Crippen LogP contribution < -0.4 is 5.32 Å². The van der Waals surface area contributed by atoms with Gasteiger partial charge in [0.2, 0.25) is 5.91 Å². The summed E-state index contributed by atoms with van der Waals surface area (Å²) in [6.07, 6.45) is 0.764. The van der Waals surface area contributed by atoms with Gasteiger partial charge in [-0.1, -0.05) is 11.6 Å². The second-order valence-corrected chi connectivity index (χ2v) is 12.5. The van der Waals surface area contributed by atoms with Crippen LogP contribution in [-0.2, 0) is 21.2 Å². The number of rotatable bonds is 4. The summed E-state index contributed by atoms with van der Waals surface area (Å²) in [5.74, 6) is -0.781. The summed E-state index contributed by atoms with van der Waals surface area (Å²) in [6.45, 7) is 2.92. The Morgan fingerprint density at radius 2 is 2.00 bits per heavy atom. The van der Waals surface area contributed by atoms with E-state index in [1.54, 1.807) is 18.2 Å². The largest absolute Gasteiger partial charge is 0.357 e. The van der Waals surface area contributed by atoms with Gasteiger partial charge >= 0.3 is 0 Å². The SMILES string of the molecule is CNC(=O)C1CN(S(=O)(=O)c2cc3cc(Cl)ccc3[nH]2)CCN1C(=O)c1nc2c(s1)C(C)N(C)CC2. The number of carbonyl (C=O) groups excluding carboxylic acids is 2. The second-order valence-electron chi connectivity index (χ2n) is 9.09. The number of aromatic amines is 1. The molecule has 1 aromatic carbocycles. The molecule has 2 N–H and O–H groups in total. The fourth-order valence-electron chi connectivity index (χ4n) is 4.72. The van der Waals surface area contributed by atoms with Crippen molar-refractivity contribution in [2.75, 3.05) is 40.3 Å².